The second-order valence-electron chi connectivity index (χ2n) is 8.35. The molecule has 0 saturated carbocycles. The zero-order chi connectivity index (χ0) is 23.7. The average Bonchev–Trinajstić information content (AvgIpc) is 2.76. The Morgan fingerprint density at radius 1 is 1.03 bits per heavy atom. The van der Waals surface area contributed by atoms with Crippen LogP contribution in [0.5, 0.6) is 5.75 Å². The maximum absolute atomic E-state index is 13.2. The fourth-order valence-electron chi connectivity index (χ4n) is 3.47. The first-order chi connectivity index (χ1) is 15.2. The summed E-state index contributed by atoms with van der Waals surface area (Å²) in [4.78, 5) is 27.7. The Morgan fingerprint density at radius 3 is 2.22 bits per heavy atom. The Bertz CT molecular complexity index is 878. The summed E-state index contributed by atoms with van der Waals surface area (Å²) in [5.74, 6) is 1.68. The van der Waals surface area contributed by atoms with Crippen molar-refractivity contribution in [2.75, 3.05) is 12.9 Å². The van der Waals surface area contributed by atoms with E-state index < -0.39 is 6.04 Å². The van der Waals surface area contributed by atoms with Gasteiger partial charge in [-0.2, -0.15) is 0 Å². The number of hydrogen-bond acceptors (Lipinski definition) is 4. The number of rotatable bonds is 11. The third-order valence-corrected chi connectivity index (χ3v) is 6.44. The molecule has 0 heterocycles. The first kappa shape index (κ1) is 25.8. The number of nitrogens with zero attached hydrogens (tertiary/aromatic N) is 1. The zero-order valence-electron chi connectivity index (χ0n) is 20.1. The van der Waals surface area contributed by atoms with Gasteiger partial charge in [0.25, 0.3) is 0 Å². The average molecular weight is 457 g/mol. The van der Waals surface area contributed by atoms with Gasteiger partial charge >= 0.3 is 0 Å². The fourth-order valence-corrected chi connectivity index (χ4v) is 4.31. The number of amides is 2. The van der Waals surface area contributed by atoms with E-state index in [-0.39, 0.29) is 17.9 Å². The van der Waals surface area contributed by atoms with Crippen LogP contribution in [-0.2, 0) is 21.9 Å². The molecule has 0 fully saturated rings. The third-order valence-electron chi connectivity index (χ3n) is 5.46. The highest BCUT2D eigenvalue weighted by atomic mass is 32.2. The molecule has 2 aromatic carbocycles. The summed E-state index contributed by atoms with van der Waals surface area (Å²) in [5, 5.41) is 3.00. The number of aryl methyl sites for hydroxylation is 2. The quantitative estimate of drug-likeness (QED) is 0.524. The molecule has 0 spiro atoms. The molecule has 0 aliphatic heterocycles. The van der Waals surface area contributed by atoms with Crippen molar-refractivity contribution < 1.29 is 14.3 Å². The lowest BCUT2D eigenvalue weighted by molar-refractivity contribution is -0.138. The van der Waals surface area contributed by atoms with Gasteiger partial charge in [0.2, 0.25) is 11.8 Å². The normalized spacial score (nSPS) is 12.7. The number of nitrogens with one attached hydrogen (secondary N) is 1. The van der Waals surface area contributed by atoms with Crippen molar-refractivity contribution in [1.29, 1.82) is 0 Å². The van der Waals surface area contributed by atoms with Crippen LogP contribution in [0.25, 0.3) is 0 Å². The van der Waals surface area contributed by atoms with Crippen molar-refractivity contribution in [2.24, 2.45) is 0 Å². The molecular formula is C26H36N2O3S. The second-order valence-corrected chi connectivity index (χ2v) is 9.34. The third kappa shape index (κ3) is 7.90. The Hall–Kier alpha value is -2.47. The van der Waals surface area contributed by atoms with E-state index in [1.807, 2.05) is 38.1 Å². The molecule has 2 amide bonds. The molecule has 2 aromatic rings. The van der Waals surface area contributed by atoms with Gasteiger partial charge in [-0.25, -0.2) is 0 Å². The molecular weight excluding hydrogens is 420 g/mol. The first-order valence-corrected chi connectivity index (χ1v) is 12.3. The van der Waals surface area contributed by atoms with Crippen LogP contribution in [0.1, 0.15) is 49.4 Å². The lowest BCUT2D eigenvalue weighted by atomic mass is 10.1. The van der Waals surface area contributed by atoms with E-state index in [1.54, 1.807) is 30.7 Å². The summed E-state index contributed by atoms with van der Waals surface area (Å²) in [5.41, 5.74) is 4.62. The molecule has 0 aliphatic rings. The minimum absolute atomic E-state index is 0.0398. The highest BCUT2D eigenvalue weighted by molar-refractivity contribution is 7.99. The Morgan fingerprint density at radius 2 is 1.66 bits per heavy atom. The maximum Gasteiger partial charge on any atom is 0.242 e. The topological polar surface area (TPSA) is 58.6 Å². The molecule has 0 radical (unpaired) electrons. The van der Waals surface area contributed by atoms with Crippen molar-refractivity contribution in [3.8, 4) is 5.75 Å². The standard InChI is InChI=1S/C26H36N2O3S/c1-7-20(4)27-26(30)21(5)28(15-22-8-10-24(31-6)11-9-22)25(29)17-32-16-23-13-18(2)12-19(3)14-23/h8-14,20-21H,7,15-17H2,1-6H3,(H,27,30)/t20-,21+/m0/s1. The zero-order valence-corrected chi connectivity index (χ0v) is 20.9. The van der Waals surface area contributed by atoms with E-state index >= 15 is 0 Å². The number of thioether (sulfide) groups is 1. The molecule has 6 heteroatoms. The number of methoxy groups -OCH3 is 1. The van der Waals surface area contributed by atoms with Crippen molar-refractivity contribution in [3.05, 3.63) is 64.7 Å². The van der Waals surface area contributed by atoms with E-state index in [0.29, 0.717) is 12.3 Å². The van der Waals surface area contributed by atoms with E-state index in [0.717, 1.165) is 23.5 Å². The van der Waals surface area contributed by atoms with Crippen molar-refractivity contribution in [3.63, 3.8) is 0 Å². The van der Waals surface area contributed by atoms with E-state index in [4.69, 9.17) is 4.74 Å². The van der Waals surface area contributed by atoms with Crippen LogP contribution in [0.3, 0.4) is 0 Å². The van der Waals surface area contributed by atoms with E-state index in [9.17, 15) is 9.59 Å². The molecule has 0 saturated heterocycles. The number of benzene rings is 2. The molecule has 2 atom stereocenters. The molecule has 0 bridgehead atoms. The molecule has 5 nitrogen and oxygen atoms in total. The van der Waals surface area contributed by atoms with Gasteiger partial charge in [0.1, 0.15) is 11.8 Å². The number of hydrogen-bond donors (Lipinski definition) is 1. The molecule has 1 N–H and O–H groups in total. The van der Waals surface area contributed by atoms with Gasteiger partial charge in [-0.05, 0) is 57.4 Å². The summed E-state index contributed by atoms with van der Waals surface area (Å²) < 4.78 is 5.23. The molecule has 0 unspecified atom stereocenters. The van der Waals surface area contributed by atoms with Gasteiger partial charge in [0.15, 0.2) is 0 Å². The van der Waals surface area contributed by atoms with Gasteiger partial charge in [0.05, 0.1) is 12.9 Å². The SMILES string of the molecule is CC[C@H](C)NC(=O)[C@@H](C)N(Cc1ccc(OC)cc1)C(=O)CSCc1cc(C)cc(C)c1. The lowest BCUT2D eigenvalue weighted by Crippen LogP contribution is -2.50. The van der Waals surface area contributed by atoms with Gasteiger partial charge in [-0.3, -0.25) is 9.59 Å². The van der Waals surface area contributed by atoms with Crippen LogP contribution in [0.15, 0.2) is 42.5 Å². The number of carbonyl (C=O) groups is 2. The van der Waals surface area contributed by atoms with Crippen LogP contribution in [-0.4, -0.2) is 41.7 Å². The van der Waals surface area contributed by atoms with Gasteiger partial charge in [-0.1, -0.05) is 48.4 Å². The van der Waals surface area contributed by atoms with Crippen LogP contribution >= 0.6 is 11.8 Å². The van der Waals surface area contributed by atoms with Gasteiger partial charge in [0, 0.05) is 18.3 Å². The summed E-state index contributed by atoms with van der Waals surface area (Å²) in [7, 11) is 1.62. The summed E-state index contributed by atoms with van der Waals surface area (Å²) in [6.45, 7) is 10.3. The predicted molar refractivity (Wildman–Crippen MR) is 133 cm³/mol. The number of ether oxygens (including phenoxy) is 1. The monoisotopic (exact) mass is 456 g/mol. The lowest BCUT2D eigenvalue weighted by Gasteiger charge is -2.29. The molecule has 174 valence electrons. The van der Waals surface area contributed by atoms with E-state index in [2.05, 4.69) is 37.4 Å². The van der Waals surface area contributed by atoms with Crippen molar-refractivity contribution >= 4 is 23.6 Å². The summed E-state index contributed by atoms with van der Waals surface area (Å²) >= 11 is 1.58. The minimum Gasteiger partial charge on any atom is -0.497 e. The predicted octanol–water partition coefficient (Wildman–Crippen LogP) is 4.88. The first-order valence-electron chi connectivity index (χ1n) is 11.1. The Labute approximate surface area is 196 Å². The molecule has 0 aliphatic carbocycles. The van der Waals surface area contributed by atoms with Crippen LogP contribution in [0.4, 0.5) is 0 Å². The summed E-state index contributed by atoms with van der Waals surface area (Å²) in [6, 6.07) is 13.6. The minimum atomic E-state index is -0.555. The van der Waals surface area contributed by atoms with Crippen LogP contribution < -0.4 is 10.1 Å². The Kier molecular flexibility index (Phi) is 10.1. The highest BCUT2D eigenvalue weighted by Crippen LogP contribution is 2.19. The van der Waals surface area contributed by atoms with Gasteiger partial charge < -0.3 is 15.0 Å². The van der Waals surface area contributed by atoms with E-state index in [1.165, 1.54) is 16.7 Å². The smallest absolute Gasteiger partial charge is 0.242 e. The largest absolute Gasteiger partial charge is 0.497 e. The maximum atomic E-state index is 13.2. The van der Waals surface area contributed by atoms with Crippen molar-refractivity contribution in [2.45, 2.75) is 65.4 Å². The van der Waals surface area contributed by atoms with Crippen LogP contribution in [0.2, 0.25) is 0 Å². The highest BCUT2D eigenvalue weighted by Gasteiger charge is 2.26. The van der Waals surface area contributed by atoms with Gasteiger partial charge in [-0.15, -0.1) is 11.8 Å². The summed E-state index contributed by atoms with van der Waals surface area (Å²) in [6.07, 6.45) is 0.844. The molecule has 32 heavy (non-hydrogen) atoms. The van der Waals surface area contributed by atoms with Crippen LogP contribution in [0, 0.1) is 13.8 Å². The second kappa shape index (κ2) is 12.5. The molecule has 2 rings (SSSR count). The number of carbonyl (C=O) groups excluding carboxylic acids is 2. The fraction of sp³-hybridized carbons (Fsp3) is 0.462. The molecule has 0 aromatic heterocycles. The van der Waals surface area contributed by atoms with Crippen molar-refractivity contribution in [1.82, 2.24) is 10.2 Å². The Balaban J connectivity index is 2.10.